The molecule has 0 saturated carbocycles. The molecule has 2 rings (SSSR count). The minimum absolute atomic E-state index is 0.440. The Morgan fingerprint density at radius 1 is 1.05 bits per heavy atom. The summed E-state index contributed by atoms with van der Waals surface area (Å²) in [5.41, 5.74) is 4.24. The third-order valence-electron chi connectivity index (χ3n) is 2.88. The smallest absolute Gasteiger partial charge is 0.359 e. The monoisotopic (exact) mass is 367 g/mol. The lowest BCUT2D eigenvalue weighted by Gasteiger charge is -2.01. The first-order chi connectivity index (χ1) is 8.99. The summed E-state index contributed by atoms with van der Waals surface area (Å²) in [5.74, 6) is -0.835. The van der Waals surface area contributed by atoms with Gasteiger partial charge in [-0.1, -0.05) is 29.8 Å². The van der Waals surface area contributed by atoms with Crippen LogP contribution in [-0.2, 0) is 0 Å². The largest absolute Gasteiger partial charge is 0.478 e. The van der Waals surface area contributed by atoms with Crippen LogP contribution in [0.3, 0.4) is 0 Å². The minimum atomic E-state index is -0.835. The van der Waals surface area contributed by atoms with Crippen LogP contribution < -0.4 is 21.2 Å². The maximum atomic E-state index is 11.3. The highest BCUT2D eigenvalue weighted by atomic mass is 127. The van der Waals surface area contributed by atoms with Gasteiger partial charge >= 0.3 is 27.2 Å². The van der Waals surface area contributed by atoms with E-state index in [4.69, 9.17) is 0 Å². The number of hydrogen-bond donors (Lipinski definition) is 1. The molecule has 98 valence electrons. The second-order valence-electron chi connectivity index (χ2n) is 4.59. The number of aryl methyl sites for hydroxylation is 3. The van der Waals surface area contributed by atoms with Crippen LogP contribution in [0, 0.1) is 27.9 Å². The summed E-state index contributed by atoms with van der Waals surface area (Å²) >= 11 is -0.464. The fourth-order valence-electron chi connectivity index (χ4n) is 2.13. The molecular formula is C16H16IO2+. The van der Waals surface area contributed by atoms with Gasteiger partial charge in [0.1, 0.15) is 5.56 Å². The van der Waals surface area contributed by atoms with E-state index in [0.29, 0.717) is 5.56 Å². The van der Waals surface area contributed by atoms with E-state index >= 15 is 0 Å². The highest BCUT2D eigenvalue weighted by molar-refractivity contribution is 5.87. The average molecular weight is 367 g/mol. The number of halogens is 1. The number of hydrogen-bond acceptors (Lipinski definition) is 1. The highest BCUT2D eigenvalue weighted by Crippen LogP contribution is 2.08. The van der Waals surface area contributed by atoms with Crippen LogP contribution >= 0.6 is 0 Å². The summed E-state index contributed by atoms with van der Waals surface area (Å²) in [4.78, 5) is 11.3. The van der Waals surface area contributed by atoms with Crippen molar-refractivity contribution in [1.29, 1.82) is 0 Å². The molecule has 1 N–H and O–H groups in total. The second kappa shape index (κ2) is 5.74. The van der Waals surface area contributed by atoms with Crippen LogP contribution in [-0.4, -0.2) is 11.1 Å². The predicted molar refractivity (Wildman–Crippen MR) is 71.4 cm³/mol. The van der Waals surface area contributed by atoms with Gasteiger partial charge in [-0.2, -0.15) is 0 Å². The number of aromatic carboxylic acids is 1. The molecule has 0 atom stereocenters. The zero-order valence-electron chi connectivity index (χ0n) is 11.2. The quantitative estimate of drug-likeness (QED) is 0.800. The van der Waals surface area contributed by atoms with Crippen molar-refractivity contribution in [2.24, 2.45) is 0 Å². The molecule has 0 saturated heterocycles. The molecule has 0 aliphatic heterocycles. The van der Waals surface area contributed by atoms with Crippen LogP contribution in [0.4, 0.5) is 0 Å². The van der Waals surface area contributed by atoms with E-state index < -0.39 is 27.2 Å². The maximum absolute atomic E-state index is 11.3. The molecular weight excluding hydrogens is 351 g/mol. The molecule has 0 aromatic heterocycles. The molecule has 3 heteroatoms. The van der Waals surface area contributed by atoms with E-state index in [0.717, 1.165) is 3.57 Å². The van der Waals surface area contributed by atoms with E-state index in [9.17, 15) is 9.90 Å². The van der Waals surface area contributed by atoms with Gasteiger partial charge in [0.2, 0.25) is 3.57 Å². The molecule has 2 nitrogen and oxygen atoms in total. The molecule has 2 aromatic rings. The van der Waals surface area contributed by atoms with Gasteiger partial charge in [-0.15, -0.1) is 0 Å². The van der Waals surface area contributed by atoms with E-state index in [1.807, 2.05) is 12.1 Å². The molecule has 0 spiro atoms. The molecule has 0 unspecified atom stereocenters. The van der Waals surface area contributed by atoms with Crippen molar-refractivity contribution < 1.29 is 31.1 Å². The van der Waals surface area contributed by atoms with Crippen LogP contribution in [0.5, 0.6) is 0 Å². The summed E-state index contributed by atoms with van der Waals surface area (Å²) in [5, 5.41) is 9.24. The van der Waals surface area contributed by atoms with Crippen molar-refractivity contribution in [3.8, 4) is 0 Å². The summed E-state index contributed by atoms with van der Waals surface area (Å²) in [6, 6.07) is 11.7. The van der Waals surface area contributed by atoms with Crippen molar-refractivity contribution in [2.75, 3.05) is 0 Å². The SMILES string of the molecule is Cc1cc(C)c([I+]c2ccccc2C(=O)O)c(C)c1. The van der Waals surface area contributed by atoms with Crippen LogP contribution in [0.2, 0.25) is 0 Å². The summed E-state index contributed by atoms with van der Waals surface area (Å²) in [6.45, 7) is 6.31. The zero-order valence-corrected chi connectivity index (χ0v) is 13.4. The van der Waals surface area contributed by atoms with Gasteiger partial charge in [0.15, 0.2) is 3.57 Å². The standard InChI is InChI=1S/C16H15IO2/c1-10-8-11(2)15(12(3)9-10)17-14-7-5-4-6-13(14)16(18)19/h4-9H,1-3H3/p+1. The molecule has 0 aliphatic rings. The Hall–Kier alpha value is -1.36. The van der Waals surface area contributed by atoms with E-state index in [2.05, 4.69) is 32.9 Å². The molecule has 19 heavy (non-hydrogen) atoms. The predicted octanol–water partition coefficient (Wildman–Crippen LogP) is 0.438. The Morgan fingerprint density at radius 2 is 1.63 bits per heavy atom. The van der Waals surface area contributed by atoms with Gasteiger partial charge in [-0.05, 0) is 32.9 Å². The van der Waals surface area contributed by atoms with Crippen molar-refractivity contribution in [3.05, 3.63) is 65.8 Å². The number of carboxylic acids is 1. The number of benzene rings is 2. The lowest BCUT2D eigenvalue weighted by molar-refractivity contribution is -0.599. The lowest BCUT2D eigenvalue weighted by atomic mass is 10.1. The highest BCUT2D eigenvalue weighted by Gasteiger charge is 2.26. The lowest BCUT2D eigenvalue weighted by Crippen LogP contribution is -3.62. The van der Waals surface area contributed by atoms with Crippen molar-refractivity contribution in [3.63, 3.8) is 0 Å². The first kappa shape index (κ1) is 14.1. The normalized spacial score (nSPS) is 10.5. The summed E-state index contributed by atoms with van der Waals surface area (Å²) < 4.78 is 2.31. The minimum Gasteiger partial charge on any atom is -0.478 e. The Kier molecular flexibility index (Phi) is 4.24. The third-order valence-corrected chi connectivity index (χ3v) is 6.64. The Bertz CT molecular complexity index is 609. The van der Waals surface area contributed by atoms with Gasteiger partial charge in [0, 0.05) is 11.1 Å². The maximum Gasteiger partial charge on any atom is 0.359 e. The van der Waals surface area contributed by atoms with Gasteiger partial charge < -0.3 is 5.11 Å². The summed E-state index contributed by atoms with van der Waals surface area (Å²) in [6.07, 6.45) is 0. The van der Waals surface area contributed by atoms with Crippen LogP contribution in [0.15, 0.2) is 36.4 Å². The number of rotatable bonds is 3. The van der Waals surface area contributed by atoms with E-state index in [1.54, 1.807) is 12.1 Å². The van der Waals surface area contributed by atoms with Gasteiger partial charge in [0.05, 0.1) is 0 Å². The van der Waals surface area contributed by atoms with E-state index in [1.165, 1.54) is 20.3 Å². The van der Waals surface area contributed by atoms with Crippen molar-refractivity contribution in [1.82, 2.24) is 0 Å². The molecule has 0 radical (unpaired) electrons. The Labute approximate surface area is 123 Å². The molecule has 0 bridgehead atoms. The zero-order chi connectivity index (χ0) is 14.0. The number of carbonyl (C=O) groups is 1. The second-order valence-corrected chi connectivity index (χ2v) is 7.37. The molecule has 0 aliphatic carbocycles. The fourth-order valence-corrected chi connectivity index (χ4v) is 4.96. The van der Waals surface area contributed by atoms with Gasteiger partial charge in [0.25, 0.3) is 0 Å². The van der Waals surface area contributed by atoms with Crippen molar-refractivity contribution in [2.45, 2.75) is 20.8 Å². The summed E-state index contributed by atoms with van der Waals surface area (Å²) in [7, 11) is 0. The molecule has 0 fully saturated rings. The third kappa shape index (κ3) is 3.15. The van der Waals surface area contributed by atoms with Gasteiger partial charge in [-0.25, -0.2) is 4.79 Å². The first-order valence-corrected chi connectivity index (χ1v) is 8.20. The Morgan fingerprint density at radius 3 is 2.21 bits per heavy atom. The topological polar surface area (TPSA) is 37.3 Å². The first-order valence-electron chi connectivity index (χ1n) is 6.04. The van der Waals surface area contributed by atoms with Crippen molar-refractivity contribution >= 4 is 5.97 Å². The Balaban J connectivity index is 2.45. The molecule has 2 aromatic carbocycles. The van der Waals surface area contributed by atoms with E-state index in [-0.39, 0.29) is 0 Å². The molecule has 0 heterocycles. The van der Waals surface area contributed by atoms with Crippen LogP contribution in [0.1, 0.15) is 27.0 Å². The van der Waals surface area contributed by atoms with Crippen LogP contribution in [0.25, 0.3) is 0 Å². The average Bonchev–Trinajstić information content (AvgIpc) is 2.34. The fraction of sp³-hybridized carbons (Fsp3) is 0.188. The van der Waals surface area contributed by atoms with Gasteiger partial charge in [-0.3, -0.25) is 0 Å². The molecule has 0 amide bonds. The number of carboxylic acid groups (broad SMARTS) is 1.